The van der Waals surface area contributed by atoms with Gasteiger partial charge in [-0.2, -0.15) is 0 Å². The molecule has 1 N–H and O–H groups in total. The number of nitrogens with one attached hydrogen (secondary N) is 1. The van der Waals surface area contributed by atoms with Gasteiger partial charge in [-0.15, -0.1) is 0 Å². The second-order valence-corrected chi connectivity index (χ2v) is 5.56. The van der Waals surface area contributed by atoms with Crippen LogP contribution in [0.3, 0.4) is 0 Å². The number of nitrogens with zero attached hydrogens (tertiary/aromatic N) is 1. The van der Waals surface area contributed by atoms with E-state index >= 15 is 0 Å². The maximum absolute atomic E-state index is 6.22. The van der Waals surface area contributed by atoms with Crippen LogP contribution in [-0.2, 0) is 0 Å². The average Bonchev–Trinajstić information content (AvgIpc) is 2.47. The quantitative estimate of drug-likeness (QED) is 0.917. The summed E-state index contributed by atoms with van der Waals surface area (Å²) in [5, 5.41) is 4.35. The van der Waals surface area contributed by atoms with Crippen molar-refractivity contribution in [3.8, 4) is 5.75 Å². The Kier molecular flexibility index (Phi) is 4.58. The van der Waals surface area contributed by atoms with Crippen LogP contribution in [0.15, 0.2) is 18.2 Å². The van der Waals surface area contributed by atoms with Crippen molar-refractivity contribution in [1.29, 1.82) is 0 Å². The number of anilines is 1. The maximum Gasteiger partial charge on any atom is 0.137 e. The standard InChI is InChI=1S/C15H23ClN2O/c1-4-15(5-2)11-18(9-8-17-15)12-6-7-14(19-3)13(16)10-12/h6-7,10,17H,4-5,8-9,11H2,1-3H3. The van der Waals surface area contributed by atoms with Crippen molar-refractivity contribution in [2.45, 2.75) is 32.2 Å². The van der Waals surface area contributed by atoms with Gasteiger partial charge in [0.05, 0.1) is 12.1 Å². The van der Waals surface area contributed by atoms with Gasteiger partial charge in [0.15, 0.2) is 0 Å². The van der Waals surface area contributed by atoms with Crippen LogP contribution in [0.2, 0.25) is 5.02 Å². The summed E-state index contributed by atoms with van der Waals surface area (Å²) in [6.45, 7) is 7.57. The second-order valence-electron chi connectivity index (χ2n) is 5.15. The normalized spacial score (nSPS) is 18.4. The molecule has 1 aliphatic heterocycles. The van der Waals surface area contributed by atoms with Crippen LogP contribution >= 0.6 is 11.6 Å². The summed E-state index contributed by atoms with van der Waals surface area (Å²) in [5.41, 5.74) is 1.41. The molecule has 0 spiro atoms. The summed E-state index contributed by atoms with van der Waals surface area (Å²) >= 11 is 6.22. The number of ether oxygens (including phenoxy) is 1. The third-order valence-corrected chi connectivity index (χ3v) is 4.52. The van der Waals surface area contributed by atoms with Gasteiger partial charge in [-0.3, -0.25) is 0 Å². The first-order valence-corrected chi connectivity index (χ1v) is 7.35. The molecule has 0 atom stereocenters. The van der Waals surface area contributed by atoms with E-state index in [2.05, 4.69) is 30.1 Å². The van der Waals surface area contributed by atoms with E-state index in [0.29, 0.717) is 5.02 Å². The highest BCUT2D eigenvalue weighted by molar-refractivity contribution is 6.32. The third-order valence-electron chi connectivity index (χ3n) is 4.23. The van der Waals surface area contributed by atoms with E-state index in [1.807, 2.05) is 12.1 Å². The Bertz CT molecular complexity index is 432. The lowest BCUT2D eigenvalue weighted by atomic mass is 9.90. The van der Waals surface area contributed by atoms with Gasteiger partial charge in [0.1, 0.15) is 5.75 Å². The number of piperazine rings is 1. The summed E-state index contributed by atoms with van der Waals surface area (Å²) in [7, 11) is 1.64. The number of halogens is 1. The van der Waals surface area contributed by atoms with E-state index < -0.39 is 0 Å². The summed E-state index contributed by atoms with van der Waals surface area (Å²) < 4.78 is 5.21. The number of hydrogen-bond acceptors (Lipinski definition) is 3. The van der Waals surface area contributed by atoms with Gasteiger partial charge in [-0.25, -0.2) is 0 Å². The fourth-order valence-electron chi connectivity index (χ4n) is 2.75. The molecule has 4 heteroatoms. The largest absolute Gasteiger partial charge is 0.495 e. The molecule has 1 fully saturated rings. The fourth-order valence-corrected chi connectivity index (χ4v) is 3.00. The van der Waals surface area contributed by atoms with E-state index in [1.165, 1.54) is 5.69 Å². The zero-order valence-electron chi connectivity index (χ0n) is 12.0. The second kappa shape index (κ2) is 6.02. The van der Waals surface area contributed by atoms with Gasteiger partial charge in [-0.1, -0.05) is 25.4 Å². The molecule has 106 valence electrons. The summed E-state index contributed by atoms with van der Waals surface area (Å²) in [6, 6.07) is 6.03. The van der Waals surface area contributed by atoms with Crippen LogP contribution in [0, 0.1) is 0 Å². The smallest absolute Gasteiger partial charge is 0.137 e. The third kappa shape index (κ3) is 2.98. The highest BCUT2D eigenvalue weighted by Gasteiger charge is 2.31. The Hall–Kier alpha value is -0.930. The Labute approximate surface area is 120 Å². The van der Waals surface area contributed by atoms with Crippen molar-refractivity contribution in [3.05, 3.63) is 23.2 Å². The Balaban J connectivity index is 2.19. The number of methoxy groups -OCH3 is 1. The molecule has 19 heavy (non-hydrogen) atoms. The van der Waals surface area contributed by atoms with Crippen molar-refractivity contribution < 1.29 is 4.74 Å². The van der Waals surface area contributed by atoms with E-state index in [9.17, 15) is 0 Å². The molecule has 1 aromatic carbocycles. The molecular weight excluding hydrogens is 260 g/mol. The summed E-state index contributed by atoms with van der Waals surface area (Å²) in [6.07, 6.45) is 2.29. The lowest BCUT2D eigenvalue weighted by molar-refractivity contribution is 0.277. The van der Waals surface area contributed by atoms with E-state index in [1.54, 1.807) is 7.11 Å². The topological polar surface area (TPSA) is 24.5 Å². The van der Waals surface area contributed by atoms with Crippen molar-refractivity contribution in [2.24, 2.45) is 0 Å². The number of benzene rings is 1. The molecule has 0 radical (unpaired) electrons. The lowest BCUT2D eigenvalue weighted by Crippen LogP contribution is -2.60. The Morgan fingerprint density at radius 2 is 2.11 bits per heavy atom. The molecule has 2 rings (SSSR count). The molecule has 1 aromatic rings. The van der Waals surface area contributed by atoms with Crippen molar-refractivity contribution >= 4 is 17.3 Å². The van der Waals surface area contributed by atoms with Crippen LogP contribution in [0.4, 0.5) is 5.69 Å². The van der Waals surface area contributed by atoms with Gasteiger partial charge >= 0.3 is 0 Å². The molecule has 0 aliphatic carbocycles. The molecule has 1 aliphatic rings. The van der Waals surface area contributed by atoms with Gasteiger partial charge < -0.3 is 15.0 Å². The Morgan fingerprint density at radius 1 is 1.37 bits per heavy atom. The van der Waals surface area contributed by atoms with Crippen molar-refractivity contribution in [2.75, 3.05) is 31.6 Å². The molecule has 0 bridgehead atoms. The zero-order valence-corrected chi connectivity index (χ0v) is 12.8. The van der Waals surface area contributed by atoms with Crippen LogP contribution < -0.4 is 15.0 Å². The molecule has 0 saturated carbocycles. The van der Waals surface area contributed by atoms with Crippen LogP contribution in [0.25, 0.3) is 0 Å². The van der Waals surface area contributed by atoms with Crippen molar-refractivity contribution in [3.63, 3.8) is 0 Å². The minimum absolute atomic E-state index is 0.227. The first kappa shape index (κ1) is 14.5. The van der Waals surface area contributed by atoms with Crippen LogP contribution in [0.1, 0.15) is 26.7 Å². The van der Waals surface area contributed by atoms with Gasteiger partial charge in [0.25, 0.3) is 0 Å². The first-order valence-electron chi connectivity index (χ1n) is 6.97. The predicted molar refractivity (Wildman–Crippen MR) is 81.5 cm³/mol. The monoisotopic (exact) mass is 282 g/mol. The van der Waals surface area contributed by atoms with E-state index in [4.69, 9.17) is 16.3 Å². The summed E-state index contributed by atoms with van der Waals surface area (Å²) in [4.78, 5) is 2.41. The fraction of sp³-hybridized carbons (Fsp3) is 0.600. The molecule has 3 nitrogen and oxygen atoms in total. The van der Waals surface area contributed by atoms with E-state index in [-0.39, 0.29) is 5.54 Å². The average molecular weight is 283 g/mol. The first-order chi connectivity index (χ1) is 9.14. The van der Waals surface area contributed by atoms with Crippen LogP contribution in [-0.4, -0.2) is 32.3 Å². The van der Waals surface area contributed by atoms with Crippen molar-refractivity contribution in [1.82, 2.24) is 5.32 Å². The highest BCUT2D eigenvalue weighted by atomic mass is 35.5. The molecule has 0 aromatic heterocycles. The van der Waals surface area contributed by atoms with Gasteiger partial charge in [0.2, 0.25) is 0 Å². The van der Waals surface area contributed by atoms with Gasteiger partial charge in [0, 0.05) is 30.9 Å². The summed E-state index contributed by atoms with van der Waals surface area (Å²) in [5.74, 6) is 0.734. The lowest BCUT2D eigenvalue weighted by Gasteiger charge is -2.44. The maximum atomic E-state index is 6.22. The molecule has 1 heterocycles. The van der Waals surface area contributed by atoms with Crippen LogP contribution in [0.5, 0.6) is 5.75 Å². The predicted octanol–water partition coefficient (Wildman–Crippen LogP) is 3.32. The van der Waals surface area contributed by atoms with Gasteiger partial charge in [-0.05, 0) is 31.0 Å². The molecule has 0 unspecified atom stereocenters. The Morgan fingerprint density at radius 3 is 2.68 bits per heavy atom. The van der Waals surface area contributed by atoms with E-state index in [0.717, 1.165) is 38.2 Å². The zero-order chi connectivity index (χ0) is 13.9. The SMILES string of the molecule is CCC1(CC)CN(c2ccc(OC)c(Cl)c2)CCN1. The minimum atomic E-state index is 0.227. The number of rotatable bonds is 4. The molecule has 0 amide bonds. The molecule has 1 saturated heterocycles. The highest BCUT2D eigenvalue weighted by Crippen LogP contribution is 2.31. The number of hydrogen-bond donors (Lipinski definition) is 1. The molecular formula is C15H23ClN2O. The minimum Gasteiger partial charge on any atom is -0.495 e.